The summed E-state index contributed by atoms with van der Waals surface area (Å²) in [6.45, 7) is 2.00. The molecule has 2 aromatic rings. The zero-order valence-electron chi connectivity index (χ0n) is 9.10. The van der Waals surface area contributed by atoms with E-state index in [1.54, 1.807) is 0 Å². The van der Waals surface area contributed by atoms with Gasteiger partial charge in [0.2, 0.25) is 5.91 Å². The second-order valence-electron chi connectivity index (χ2n) is 3.58. The summed E-state index contributed by atoms with van der Waals surface area (Å²) in [6, 6.07) is 7.75. The number of hydrogen-bond donors (Lipinski definition) is 2. The Morgan fingerprint density at radius 2 is 2.25 bits per heavy atom. The molecule has 0 radical (unpaired) electrons. The van der Waals surface area contributed by atoms with Crippen molar-refractivity contribution in [3.8, 4) is 0 Å². The van der Waals surface area contributed by atoms with Crippen LogP contribution in [0.5, 0.6) is 0 Å². The highest BCUT2D eigenvalue weighted by Gasteiger charge is 2.09. The number of nitrogens with zero attached hydrogens (tertiary/aromatic N) is 2. The maximum absolute atomic E-state index is 11.0. The van der Waals surface area contributed by atoms with Crippen LogP contribution in [0.25, 0.3) is 10.9 Å². The zero-order valence-corrected chi connectivity index (χ0v) is 9.10. The highest BCUT2D eigenvalue weighted by molar-refractivity contribution is 5.86. The average Bonchev–Trinajstić information content (AvgIpc) is 2.58. The molecule has 1 aromatic heterocycles. The van der Waals surface area contributed by atoms with Crippen LogP contribution in [0, 0.1) is 0 Å². The predicted molar refractivity (Wildman–Crippen MR) is 62.5 cm³/mol. The second kappa shape index (κ2) is 4.32. The van der Waals surface area contributed by atoms with Gasteiger partial charge >= 0.3 is 0 Å². The van der Waals surface area contributed by atoms with Crippen LogP contribution in [0.3, 0.4) is 0 Å². The molecule has 0 fully saturated rings. The molecule has 1 aromatic carbocycles. The number of para-hydroxylation sites is 1. The highest BCUT2D eigenvalue weighted by Crippen LogP contribution is 2.17. The van der Waals surface area contributed by atoms with Crippen LogP contribution in [-0.2, 0) is 11.2 Å². The fraction of sp³-hybridized carbons (Fsp3) is 0.273. The molecule has 16 heavy (non-hydrogen) atoms. The van der Waals surface area contributed by atoms with E-state index in [0.717, 1.165) is 16.6 Å². The van der Waals surface area contributed by atoms with E-state index >= 15 is 0 Å². The summed E-state index contributed by atoms with van der Waals surface area (Å²) in [4.78, 5) is 12.5. The number of hydrogen-bond acceptors (Lipinski definition) is 3. The maximum atomic E-state index is 11.0. The zero-order chi connectivity index (χ0) is 11.5. The summed E-state index contributed by atoms with van der Waals surface area (Å²) >= 11 is 0. The molecular formula is C11H14N4O. The van der Waals surface area contributed by atoms with Crippen LogP contribution in [-0.4, -0.2) is 22.3 Å². The highest BCUT2D eigenvalue weighted by atomic mass is 16.2. The summed E-state index contributed by atoms with van der Waals surface area (Å²) in [5.41, 5.74) is 9.98. The Morgan fingerprint density at radius 1 is 1.50 bits per heavy atom. The summed E-state index contributed by atoms with van der Waals surface area (Å²) in [7, 11) is 0. The normalized spacial score (nSPS) is 10.6. The van der Waals surface area contributed by atoms with Crippen molar-refractivity contribution in [2.75, 3.05) is 12.0 Å². The van der Waals surface area contributed by atoms with E-state index < -0.39 is 0 Å². The van der Waals surface area contributed by atoms with Gasteiger partial charge in [0.25, 0.3) is 0 Å². The van der Waals surface area contributed by atoms with Crippen molar-refractivity contribution in [1.29, 1.82) is 0 Å². The Labute approximate surface area is 93.2 Å². The lowest BCUT2D eigenvalue weighted by Crippen LogP contribution is -2.21. The number of fused-ring (bicyclic) bond motifs is 1. The quantitative estimate of drug-likeness (QED) is 0.793. The summed E-state index contributed by atoms with van der Waals surface area (Å²) < 4.78 is 0. The van der Waals surface area contributed by atoms with Gasteiger partial charge in [-0.3, -0.25) is 4.79 Å². The van der Waals surface area contributed by atoms with Crippen LogP contribution in [0.15, 0.2) is 24.3 Å². The van der Waals surface area contributed by atoms with Crippen molar-refractivity contribution in [3.05, 3.63) is 30.0 Å². The molecule has 0 aliphatic carbocycles. The van der Waals surface area contributed by atoms with Gasteiger partial charge in [-0.2, -0.15) is 9.89 Å². The Bertz CT molecular complexity index is 518. The third-order valence-electron chi connectivity index (χ3n) is 2.31. The molecule has 5 heteroatoms. The lowest BCUT2D eigenvalue weighted by atomic mass is 10.2. The Hall–Kier alpha value is -1.88. The molecule has 0 unspecified atom stereocenters. The molecule has 0 bridgehead atoms. The molecule has 5 nitrogen and oxygen atoms in total. The van der Waals surface area contributed by atoms with E-state index in [9.17, 15) is 4.79 Å². The van der Waals surface area contributed by atoms with Crippen molar-refractivity contribution in [2.45, 2.75) is 13.3 Å². The number of carbonyl (C=O) groups excluding carboxylic acids is 1. The standard InChI is InChI=1S/C11H14N4O/c1-8(16)13-15-11-5-3-2-4-9(11)10(14-15)6-7-12/h2-5H,6-7,12H2,1H3,(H,13,16). The van der Waals surface area contributed by atoms with Crippen molar-refractivity contribution >= 4 is 16.8 Å². The smallest absolute Gasteiger partial charge is 0.236 e. The lowest BCUT2D eigenvalue weighted by molar-refractivity contribution is -0.115. The molecule has 0 saturated heterocycles. The fourth-order valence-electron chi connectivity index (χ4n) is 1.69. The van der Waals surface area contributed by atoms with Crippen molar-refractivity contribution in [1.82, 2.24) is 9.89 Å². The van der Waals surface area contributed by atoms with Gasteiger partial charge in [-0.1, -0.05) is 18.2 Å². The monoisotopic (exact) mass is 218 g/mol. The SMILES string of the molecule is CC(=O)Nn1nc(CCN)c2ccccc21. The first-order chi connectivity index (χ1) is 7.72. The van der Waals surface area contributed by atoms with Crippen molar-refractivity contribution in [3.63, 3.8) is 0 Å². The number of rotatable bonds is 3. The third kappa shape index (κ3) is 1.90. The first kappa shape index (κ1) is 10.6. The molecular weight excluding hydrogens is 204 g/mol. The molecule has 0 aliphatic rings. The van der Waals surface area contributed by atoms with E-state index in [1.165, 1.54) is 11.7 Å². The van der Waals surface area contributed by atoms with Gasteiger partial charge in [-0.05, 0) is 12.6 Å². The number of aromatic nitrogens is 2. The third-order valence-corrected chi connectivity index (χ3v) is 2.31. The van der Waals surface area contributed by atoms with Gasteiger partial charge < -0.3 is 5.73 Å². The summed E-state index contributed by atoms with van der Waals surface area (Å²) in [5.74, 6) is -0.146. The second-order valence-corrected chi connectivity index (χ2v) is 3.58. The number of nitrogens with two attached hydrogens (primary N) is 1. The minimum Gasteiger partial charge on any atom is -0.330 e. The molecule has 0 saturated carbocycles. The number of nitrogens with one attached hydrogen (secondary N) is 1. The first-order valence-electron chi connectivity index (χ1n) is 5.16. The van der Waals surface area contributed by atoms with Gasteiger partial charge in [0.1, 0.15) is 0 Å². The van der Waals surface area contributed by atoms with Crippen LogP contribution in [0.4, 0.5) is 0 Å². The minimum absolute atomic E-state index is 0.146. The lowest BCUT2D eigenvalue weighted by Gasteiger charge is -2.01. The van der Waals surface area contributed by atoms with Crippen LogP contribution in [0.1, 0.15) is 12.6 Å². The molecule has 3 N–H and O–H groups in total. The Morgan fingerprint density at radius 3 is 2.94 bits per heavy atom. The van der Waals surface area contributed by atoms with Gasteiger partial charge in [-0.15, -0.1) is 0 Å². The minimum atomic E-state index is -0.146. The Balaban J connectivity index is 2.52. The molecule has 1 amide bonds. The van der Waals surface area contributed by atoms with E-state index in [1.807, 2.05) is 24.3 Å². The summed E-state index contributed by atoms with van der Waals surface area (Å²) in [6.07, 6.45) is 0.701. The Kier molecular flexibility index (Phi) is 2.87. The van der Waals surface area contributed by atoms with Crippen LogP contribution >= 0.6 is 0 Å². The van der Waals surface area contributed by atoms with E-state index in [2.05, 4.69) is 10.5 Å². The van der Waals surface area contributed by atoms with Gasteiger partial charge in [0.05, 0.1) is 11.2 Å². The number of carbonyl (C=O) groups is 1. The van der Waals surface area contributed by atoms with Crippen molar-refractivity contribution < 1.29 is 4.79 Å². The number of benzene rings is 1. The first-order valence-corrected chi connectivity index (χ1v) is 5.16. The van der Waals surface area contributed by atoms with E-state index in [4.69, 9.17) is 5.73 Å². The molecule has 0 spiro atoms. The largest absolute Gasteiger partial charge is 0.330 e. The molecule has 0 aliphatic heterocycles. The van der Waals surface area contributed by atoms with E-state index in [-0.39, 0.29) is 5.91 Å². The van der Waals surface area contributed by atoms with Gasteiger partial charge in [0, 0.05) is 18.7 Å². The fourth-order valence-corrected chi connectivity index (χ4v) is 1.69. The van der Waals surface area contributed by atoms with E-state index in [0.29, 0.717) is 13.0 Å². The van der Waals surface area contributed by atoms with Gasteiger partial charge in [0.15, 0.2) is 0 Å². The molecule has 0 atom stereocenters. The molecule has 2 rings (SSSR count). The molecule has 1 heterocycles. The van der Waals surface area contributed by atoms with Crippen molar-refractivity contribution in [2.24, 2.45) is 5.73 Å². The van der Waals surface area contributed by atoms with Crippen LogP contribution in [0.2, 0.25) is 0 Å². The molecule has 84 valence electrons. The average molecular weight is 218 g/mol. The van der Waals surface area contributed by atoms with Crippen LogP contribution < -0.4 is 11.2 Å². The maximum Gasteiger partial charge on any atom is 0.236 e. The predicted octanol–water partition coefficient (Wildman–Crippen LogP) is 0.627. The van der Waals surface area contributed by atoms with Gasteiger partial charge in [-0.25, -0.2) is 5.43 Å². The topological polar surface area (TPSA) is 72.9 Å². The number of amides is 1. The summed E-state index contributed by atoms with van der Waals surface area (Å²) in [5, 5.41) is 5.35.